The van der Waals surface area contributed by atoms with Gasteiger partial charge in [-0.05, 0) is 62.4 Å². The van der Waals surface area contributed by atoms with Gasteiger partial charge in [-0.2, -0.15) is 10.2 Å². The van der Waals surface area contributed by atoms with Crippen LogP contribution in [0.25, 0.3) is 0 Å². The Kier molecular flexibility index (Phi) is 5.94. The second kappa shape index (κ2) is 9.70. The van der Waals surface area contributed by atoms with Crippen molar-refractivity contribution >= 4 is 34.4 Å². The molecule has 4 aromatic rings. The van der Waals surface area contributed by atoms with E-state index in [1.807, 2.05) is 96.7 Å². The van der Waals surface area contributed by atoms with E-state index in [0.29, 0.717) is 13.3 Å². The number of amidine groups is 2. The Morgan fingerprint density at radius 1 is 0.514 bits per heavy atom. The van der Waals surface area contributed by atoms with E-state index in [0.717, 1.165) is 45.9 Å². The van der Waals surface area contributed by atoms with Crippen LogP contribution in [0.3, 0.4) is 0 Å². The number of anilines is 4. The van der Waals surface area contributed by atoms with Crippen LogP contribution in [-0.2, 0) is 0 Å². The number of rotatable bonds is 6. The SMILES string of the molecule is CC1=NN(c2cccc(Oc3cccc(N4CN(c5ccccc5)C(C)=N4)c3)c2)CN1c1ccccc1. The summed E-state index contributed by atoms with van der Waals surface area (Å²) in [6.45, 7) is 5.36. The summed E-state index contributed by atoms with van der Waals surface area (Å²) < 4.78 is 6.28. The van der Waals surface area contributed by atoms with E-state index in [1.54, 1.807) is 0 Å². The summed E-state index contributed by atoms with van der Waals surface area (Å²) in [5, 5.41) is 13.5. The van der Waals surface area contributed by atoms with Gasteiger partial charge in [-0.3, -0.25) is 0 Å². The lowest BCUT2D eigenvalue weighted by Gasteiger charge is -2.21. The molecule has 7 nitrogen and oxygen atoms in total. The summed E-state index contributed by atoms with van der Waals surface area (Å²) in [5.74, 6) is 3.42. The molecule has 0 atom stereocenters. The van der Waals surface area contributed by atoms with Crippen LogP contribution >= 0.6 is 0 Å². The summed E-state index contributed by atoms with van der Waals surface area (Å²) in [6.07, 6.45) is 0. The molecule has 4 aromatic carbocycles. The van der Waals surface area contributed by atoms with Gasteiger partial charge in [-0.25, -0.2) is 10.0 Å². The molecular formula is C30H28N6O. The van der Waals surface area contributed by atoms with Crippen molar-refractivity contribution in [3.05, 3.63) is 109 Å². The smallest absolute Gasteiger partial charge is 0.129 e. The van der Waals surface area contributed by atoms with E-state index in [2.05, 4.69) is 46.2 Å². The predicted molar refractivity (Wildman–Crippen MR) is 152 cm³/mol. The first-order chi connectivity index (χ1) is 18.1. The van der Waals surface area contributed by atoms with E-state index >= 15 is 0 Å². The standard InChI is InChI=1S/C30H28N6O/c1-23-31-35(21-33(23)25-11-5-3-6-12-25)27-15-9-17-29(19-27)37-30-18-10-16-28(20-30)36-22-34(24(2)32-36)26-13-7-4-8-14-26/h3-20H,21-22H2,1-2H3. The topological polar surface area (TPSA) is 46.9 Å². The van der Waals surface area contributed by atoms with Gasteiger partial charge in [0, 0.05) is 23.5 Å². The third-order valence-electron chi connectivity index (χ3n) is 6.47. The maximum atomic E-state index is 6.28. The highest BCUT2D eigenvalue weighted by Gasteiger charge is 2.24. The van der Waals surface area contributed by atoms with Crippen LogP contribution in [0.5, 0.6) is 11.5 Å². The third-order valence-corrected chi connectivity index (χ3v) is 6.47. The minimum Gasteiger partial charge on any atom is -0.457 e. The number of benzene rings is 4. The fourth-order valence-electron chi connectivity index (χ4n) is 4.58. The maximum Gasteiger partial charge on any atom is 0.129 e. The molecule has 0 amide bonds. The quantitative estimate of drug-likeness (QED) is 0.302. The highest BCUT2D eigenvalue weighted by Crippen LogP contribution is 2.32. The van der Waals surface area contributed by atoms with E-state index in [9.17, 15) is 0 Å². The van der Waals surface area contributed by atoms with Gasteiger partial charge >= 0.3 is 0 Å². The average molecular weight is 489 g/mol. The lowest BCUT2D eigenvalue weighted by atomic mass is 10.2. The second-order valence-corrected chi connectivity index (χ2v) is 9.00. The van der Waals surface area contributed by atoms with Gasteiger partial charge in [0.2, 0.25) is 0 Å². The molecule has 0 spiro atoms. The molecule has 184 valence electrons. The Hall–Kier alpha value is -4.78. The summed E-state index contributed by atoms with van der Waals surface area (Å²) in [6, 6.07) is 36.7. The van der Waals surface area contributed by atoms with E-state index < -0.39 is 0 Å². The third kappa shape index (κ3) is 4.71. The first-order valence-corrected chi connectivity index (χ1v) is 12.3. The van der Waals surface area contributed by atoms with Crippen LogP contribution in [0.4, 0.5) is 22.7 Å². The maximum absolute atomic E-state index is 6.28. The predicted octanol–water partition coefficient (Wildman–Crippen LogP) is 6.71. The molecule has 2 aliphatic rings. The zero-order valence-corrected chi connectivity index (χ0v) is 20.9. The van der Waals surface area contributed by atoms with Crippen molar-refractivity contribution in [3.63, 3.8) is 0 Å². The molecule has 0 unspecified atom stereocenters. The Bertz CT molecular complexity index is 1340. The Balaban J connectivity index is 1.17. The molecule has 0 bridgehead atoms. The lowest BCUT2D eigenvalue weighted by molar-refractivity contribution is 0.482. The minimum absolute atomic E-state index is 0.652. The first-order valence-electron chi connectivity index (χ1n) is 12.3. The largest absolute Gasteiger partial charge is 0.457 e. The van der Waals surface area contributed by atoms with Gasteiger partial charge in [0.05, 0.1) is 11.4 Å². The Morgan fingerprint density at radius 3 is 1.35 bits per heavy atom. The van der Waals surface area contributed by atoms with Crippen molar-refractivity contribution in [3.8, 4) is 11.5 Å². The Morgan fingerprint density at radius 2 is 0.919 bits per heavy atom. The highest BCUT2D eigenvalue weighted by molar-refractivity contribution is 5.99. The number of hydrazone groups is 2. The lowest BCUT2D eigenvalue weighted by Crippen LogP contribution is -2.29. The molecule has 0 aliphatic carbocycles. The molecule has 0 saturated heterocycles. The van der Waals surface area contributed by atoms with Crippen LogP contribution in [0, 0.1) is 0 Å². The summed E-state index contributed by atoms with van der Waals surface area (Å²) in [4.78, 5) is 4.38. The van der Waals surface area contributed by atoms with E-state index in [4.69, 9.17) is 14.9 Å². The molecule has 0 radical (unpaired) electrons. The van der Waals surface area contributed by atoms with Gasteiger partial charge in [-0.15, -0.1) is 0 Å². The van der Waals surface area contributed by atoms with Crippen molar-refractivity contribution in [1.29, 1.82) is 0 Å². The van der Waals surface area contributed by atoms with Crippen LogP contribution in [0.1, 0.15) is 13.8 Å². The van der Waals surface area contributed by atoms with Gasteiger partial charge in [0.1, 0.15) is 36.5 Å². The first kappa shape index (κ1) is 22.7. The molecule has 37 heavy (non-hydrogen) atoms. The monoisotopic (exact) mass is 488 g/mol. The van der Waals surface area contributed by atoms with E-state index in [1.165, 1.54) is 0 Å². The van der Waals surface area contributed by atoms with Crippen LogP contribution < -0.4 is 24.6 Å². The van der Waals surface area contributed by atoms with Gasteiger partial charge in [0.15, 0.2) is 0 Å². The summed E-state index contributed by atoms with van der Waals surface area (Å²) in [7, 11) is 0. The molecule has 7 heteroatoms. The number of ether oxygens (including phenoxy) is 1. The van der Waals surface area contributed by atoms with Crippen molar-refractivity contribution in [2.45, 2.75) is 13.8 Å². The van der Waals surface area contributed by atoms with Gasteiger partial charge in [-0.1, -0.05) is 48.5 Å². The Labute approximate surface area is 217 Å². The van der Waals surface area contributed by atoms with Crippen molar-refractivity contribution in [2.24, 2.45) is 10.2 Å². The van der Waals surface area contributed by atoms with Crippen molar-refractivity contribution < 1.29 is 4.74 Å². The molecule has 0 N–H and O–H groups in total. The number of hydrogen-bond acceptors (Lipinski definition) is 7. The summed E-state index contributed by atoms with van der Waals surface area (Å²) >= 11 is 0. The molecular weight excluding hydrogens is 460 g/mol. The average Bonchev–Trinajstić information content (AvgIpc) is 3.53. The van der Waals surface area contributed by atoms with Gasteiger partial charge in [0.25, 0.3) is 0 Å². The number of nitrogens with zero attached hydrogens (tertiary/aromatic N) is 6. The van der Waals surface area contributed by atoms with Crippen LogP contribution in [0.15, 0.2) is 119 Å². The zero-order valence-electron chi connectivity index (χ0n) is 20.9. The van der Waals surface area contributed by atoms with Gasteiger partial charge < -0.3 is 14.5 Å². The van der Waals surface area contributed by atoms with Crippen LogP contribution in [-0.4, -0.2) is 25.0 Å². The molecule has 0 fully saturated rings. The minimum atomic E-state index is 0.652. The molecule has 2 aliphatic heterocycles. The highest BCUT2D eigenvalue weighted by atomic mass is 16.5. The summed E-state index contributed by atoms with van der Waals surface area (Å²) in [5.41, 5.74) is 4.21. The van der Waals surface area contributed by atoms with Crippen LogP contribution in [0.2, 0.25) is 0 Å². The van der Waals surface area contributed by atoms with Crippen molar-refractivity contribution in [1.82, 2.24) is 0 Å². The molecule has 6 rings (SSSR count). The fraction of sp³-hybridized carbons (Fsp3) is 0.133. The number of para-hydroxylation sites is 2. The van der Waals surface area contributed by atoms with E-state index in [-0.39, 0.29) is 0 Å². The molecule has 0 saturated carbocycles. The number of hydrogen-bond donors (Lipinski definition) is 0. The zero-order chi connectivity index (χ0) is 25.2. The molecule has 2 heterocycles. The fourth-order valence-corrected chi connectivity index (χ4v) is 4.58. The normalized spacial score (nSPS) is 15.2. The molecule has 0 aromatic heterocycles. The second-order valence-electron chi connectivity index (χ2n) is 9.00. The van der Waals surface area contributed by atoms with Crippen molar-refractivity contribution in [2.75, 3.05) is 33.2 Å².